The average Bonchev–Trinajstić information content (AvgIpc) is 2.39. The molecule has 2 aromatic rings. The number of halogens is 2. The molecular weight excluding hydrogens is 263 g/mol. The molecule has 0 heterocycles. The molecule has 2 aromatic carbocycles. The first kappa shape index (κ1) is 14.0. The van der Waals surface area contributed by atoms with Crippen LogP contribution in [0.1, 0.15) is 18.9 Å². The molecular formula is C16H16ClFO. The molecule has 19 heavy (non-hydrogen) atoms. The molecule has 0 aliphatic carbocycles. The molecule has 100 valence electrons. The van der Waals surface area contributed by atoms with Gasteiger partial charge in [-0.1, -0.05) is 54.1 Å². The van der Waals surface area contributed by atoms with E-state index < -0.39 is 12.3 Å². The van der Waals surface area contributed by atoms with Crippen molar-refractivity contribution in [3.8, 4) is 11.1 Å². The molecule has 0 aliphatic heterocycles. The summed E-state index contributed by atoms with van der Waals surface area (Å²) in [6.07, 6.45) is 0.0957. The fourth-order valence-corrected chi connectivity index (χ4v) is 2.28. The molecule has 0 saturated heterocycles. The minimum Gasteiger partial charge on any atom is -0.385 e. The Bertz CT molecular complexity index is 549. The standard InChI is InChI=1S/C16H16ClFO/c1-16(19,10-11-18)13-8-6-12(7-9-13)14-4-2-3-5-15(14)17/h2-9,19H,10-11H2,1H3. The molecule has 1 atom stereocenters. The molecule has 1 nitrogen and oxygen atoms in total. The molecule has 0 bridgehead atoms. The van der Waals surface area contributed by atoms with E-state index in [-0.39, 0.29) is 6.42 Å². The highest BCUT2D eigenvalue weighted by Gasteiger charge is 2.22. The average molecular weight is 279 g/mol. The maximum absolute atomic E-state index is 12.4. The van der Waals surface area contributed by atoms with Gasteiger partial charge in [-0.25, -0.2) is 0 Å². The largest absolute Gasteiger partial charge is 0.385 e. The van der Waals surface area contributed by atoms with Gasteiger partial charge < -0.3 is 5.11 Å². The van der Waals surface area contributed by atoms with Crippen LogP contribution in [-0.4, -0.2) is 11.8 Å². The van der Waals surface area contributed by atoms with Crippen LogP contribution in [0.5, 0.6) is 0 Å². The van der Waals surface area contributed by atoms with Gasteiger partial charge in [-0.05, 0) is 24.1 Å². The van der Waals surface area contributed by atoms with Gasteiger partial charge in [-0.3, -0.25) is 4.39 Å². The van der Waals surface area contributed by atoms with Crippen LogP contribution in [0.3, 0.4) is 0 Å². The van der Waals surface area contributed by atoms with Gasteiger partial charge in [0.15, 0.2) is 0 Å². The molecule has 1 N–H and O–H groups in total. The van der Waals surface area contributed by atoms with Crippen molar-refractivity contribution in [1.29, 1.82) is 0 Å². The second kappa shape index (κ2) is 5.72. The van der Waals surface area contributed by atoms with E-state index in [4.69, 9.17) is 11.6 Å². The zero-order chi connectivity index (χ0) is 13.9. The second-order valence-corrected chi connectivity index (χ2v) is 5.18. The van der Waals surface area contributed by atoms with Gasteiger partial charge in [0.25, 0.3) is 0 Å². The van der Waals surface area contributed by atoms with Crippen molar-refractivity contribution in [2.45, 2.75) is 18.9 Å². The molecule has 0 aliphatic rings. The maximum Gasteiger partial charge on any atom is 0.0925 e. The van der Waals surface area contributed by atoms with Gasteiger partial charge >= 0.3 is 0 Å². The lowest BCUT2D eigenvalue weighted by Gasteiger charge is -2.22. The zero-order valence-corrected chi connectivity index (χ0v) is 11.5. The van der Waals surface area contributed by atoms with Gasteiger partial charge in [0.1, 0.15) is 0 Å². The van der Waals surface area contributed by atoms with Crippen LogP contribution in [0.15, 0.2) is 48.5 Å². The Morgan fingerprint density at radius 2 is 1.74 bits per heavy atom. The Hall–Kier alpha value is -1.38. The van der Waals surface area contributed by atoms with Crippen LogP contribution in [0.25, 0.3) is 11.1 Å². The van der Waals surface area contributed by atoms with Crippen molar-refractivity contribution in [2.24, 2.45) is 0 Å². The van der Waals surface area contributed by atoms with E-state index in [1.54, 1.807) is 6.92 Å². The van der Waals surface area contributed by atoms with E-state index in [1.807, 2.05) is 48.5 Å². The smallest absolute Gasteiger partial charge is 0.0925 e. The van der Waals surface area contributed by atoms with E-state index in [0.29, 0.717) is 10.6 Å². The summed E-state index contributed by atoms with van der Waals surface area (Å²) in [6.45, 7) is 1.08. The number of rotatable bonds is 4. The Morgan fingerprint density at radius 3 is 2.32 bits per heavy atom. The summed E-state index contributed by atoms with van der Waals surface area (Å²) < 4.78 is 12.4. The normalized spacial score (nSPS) is 14.1. The number of hydrogen-bond acceptors (Lipinski definition) is 1. The third-order valence-corrected chi connectivity index (χ3v) is 3.60. The highest BCUT2D eigenvalue weighted by molar-refractivity contribution is 6.33. The zero-order valence-electron chi connectivity index (χ0n) is 10.7. The SMILES string of the molecule is CC(O)(CCF)c1ccc(-c2ccccc2Cl)cc1. The summed E-state index contributed by atoms with van der Waals surface area (Å²) in [6, 6.07) is 15.0. The molecule has 2 rings (SSSR count). The third-order valence-electron chi connectivity index (χ3n) is 3.27. The van der Waals surface area contributed by atoms with Gasteiger partial charge in [0.2, 0.25) is 0 Å². The topological polar surface area (TPSA) is 20.2 Å². The van der Waals surface area contributed by atoms with Crippen LogP contribution in [0.2, 0.25) is 5.02 Å². The first-order valence-corrected chi connectivity index (χ1v) is 6.56. The van der Waals surface area contributed by atoms with Gasteiger partial charge in [-0.15, -0.1) is 0 Å². The monoisotopic (exact) mass is 278 g/mol. The van der Waals surface area contributed by atoms with Crippen LogP contribution in [-0.2, 0) is 5.60 Å². The highest BCUT2D eigenvalue weighted by atomic mass is 35.5. The van der Waals surface area contributed by atoms with Crippen LogP contribution in [0.4, 0.5) is 4.39 Å². The van der Waals surface area contributed by atoms with E-state index in [9.17, 15) is 9.50 Å². The Balaban J connectivity index is 2.31. The van der Waals surface area contributed by atoms with E-state index in [1.165, 1.54) is 0 Å². The number of aliphatic hydroxyl groups is 1. The maximum atomic E-state index is 12.4. The molecule has 0 saturated carbocycles. The Labute approximate surface area is 117 Å². The van der Waals surface area contributed by atoms with Gasteiger partial charge in [-0.2, -0.15) is 0 Å². The minimum absolute atomic E-state index is 0.0957. The summed E-state index contributed by atoms with van der Waals surface area (Å²) in [5.74, 6) is 0. The van der Waals surface area contributed by atoms with Crippen molar-refractivity contribution in [3.05, 3.63) is 59.1 Å². The molecule has 0 spiro atoms. The van der Waals surface area contributed by atoms with Crippen molar-refractivity contribution in [1.82, 2.24) is 0 Å². The molecule has 0 fully saturated rings. The molecule has 3 heteroatoms. The summed E-state index contributed by atoms with van der Waals surface area (Å²) in [7, 11) is 0. The predicted octanol–water partition coefficient (Wildman–Crippen LogP) is 4.57. The lowest BCUT2D eigenvalue weighted by molar-refractivity contribution is 0.0408. The summed E-state index contributed by atoms with van der Waals surface area (Å²) in [5, 5.41) is 10.8. The second-order valence-electron chi connectivity index (χ2n) is 4.77. The van der Waals surface area contributed by atoms with Crippen LogP contribution >= 0.6 is 11.6 Å². The fourth-order valence-electron chi connectivity index (χ4n) is 2.03. The van der Waals surface area contributed by atoms with Crippen LogP contribution in [0, 0.1) is 0 Å². The van der Waals surface area contributed by atoms with Crippen molar-refractivity contribution in [3.63, 3.8) is 0 Å². The van der Waals surface area contributed by atoms with E-state index in [2.05, 4.69) is 0 Å². The number of alkyl halides is 1. The fraction of sp³-hybridized carbons (Fsp3) is 0.250. The van der Waals surface area contributed by atoms with Gasteiger partial charge in [0.05, 0.1) is 12.3 Å². The quantitative estimate of drug-likeness (QED) is 0.868. The van der Waals surface area contributed by atoms with Crippen molar-refractivity contribution in [2.75, 3.05) is 6.67 Å². The lowest BCUT2D eigenvalue weighted by atomic mass is 9.91. The molecule has 0 amide bonds. The van der Waals surface area contributed by atoms with Crippen LogP contribution < -0.4 is 0 Å². The van der Waals surface area contributed by atoms with Crippen molar-refractivity contribution >= 4 is 11.6 Å². The van der Waals surface area contributed by atoms with Gasteiger partial charge in [0, 0.05) is 17.0 Å². The highest BCUT2D eigenvalue weighted by Crippen LogP contribution is 2.30. The summed E-state index contributed by atoms with van der Waals surface area (Å²) in [4.78, 5) is 0. The Morgan fingerprint density at radius 1 is 1.11 bits per heavy atom. The predicted molar refractivity (Wildman–Crippen MR) is 77.1 cm³/mol. The molecule has 1 unspecified atom stereocenters. The minimum atomic E-state index is -1.13. The summed E-state index contributed by atoms with van der Waals surface area (Å²) in [5.41, 5.74) is 1.50. The Kier molecular flexibility index (Phi) is 4.23. The first-order chi connectivity index (χ1) is 9.04. The van der Waals surface area contributed by atoms with E-state index in [0.717, 1.165) is 11.1 Å². The third kappa shape index (κ3) is 3.14. The number of benzene rings is 2. The number of hydrogen-bond donors (Lipinski definition) is 1. The molecule has 0 aromatic heterocycles. The lowest BCUT2D eigenvalue weighted by Crippen LogP contribution is -2.21. The van der Waals surface area contributed by atoms with Crippen molar-refractivity contribution < 1.29 is 9.50 Å². The molecule has 0 radical (unpaired) electrons. The summed E-state index contributed by atoms with van der Waals surface area (Å²) >= 11 is 6.14. The van der Waals surface area contributed by atoms with E-state index >= 15 is 0 Å². The first-order valence-electron chi connectivity index (χ1n) is 6.18.